The highest BCUT2D eigenvalue weighted by atomic mass is 32.2. The number of carbonyl (C=O) groups is 1. The maximum Gasteiger partial charge on any atom is 0.255 e. The van der Waals surface area contributed by atoms with E-state index in [4.69, 9.17) is 4.98 Å². The van der Waals surface area contributed by atoms with Gasteiger partial charge in [-0.1, -0.05) is 48.5 Å². The van der Waals surface area contributed by atoms with Crippen LogP contribution in [0.5, 0.6) is 0 Å². The Labute approximate surface area is 215 Å². The first-order chi connectivity index (χ1) is 17.1. The van der Waals surface area contributed by atoms with E-state index >= 15 is 0 Å². The first-order valence-electron chi connectivity index (χ1n) is 12.0. The number of thiazole rings is 1. The topological polar surface area (TPSA) is 50.2 Å². The third-order valence-corrected chi connectivity index (χ3v) is 8.22. The van der Waals surface area contributed by atoms with Gasteiger partial charge in [0.2, 0.25) is 0 Å². The number of rotatable bonds is 7. The molecule has 0 saturated carbocycles. The van der Waals surface area contributed by atoms with Gasteiger partial charge in [-0.05, 0) is 43.5 Å². The molecule has 5 nitrogen and oxygen atoms in total. The molecule has 1 N–H and O–H groups in total. The Hall–Kier alpha value is -3.03. The fraction of sp³-hybridized carbons (Fsp3) is 0.286. The molecule has 35 heavy (non-hydrogen) atoms. The summed E-state index contributed by atoms with van der Waals surface area (Å²) in [5.74, 6) is 2.15. The molecule has 0 spiro atoms. The van der Waals surface area contributed by atoms with Gasteiger partial charge in [0, 0.05) is 47.9 Å². The number of nitrogens with one attached hydrogen (secondary N) is 1. The zero-order valence-corrected chi connectivity index (χ0v) is 21.8. The van der Waals surface area contributed by atoms with E-state index in [9.17, 15) is 4.79 Å². The Kier molecular flexibility index (Phi) is 7.25. The molecule has 5 rings (SSSR count). The van der Waals surface area contributed by atoms with Gasteiger partial charge < -0.3 is 14.8 Å². The number of para-hydroxylation sites is 1. The number of nitrogens with zero attached hydrogens (tertiary/aromatic N) is 3. The molecule has 0 aliphatic carbocycles. The Balaban J connectivity index is 1.47. The van der Waals surface area contributed by atoms with Gasteiger partial charge in [0.1, 0.15) is 0 Å². The quantitative estimate of drug-likeness (QED) is 0.318. The van der Waals surface area contributed by atoms with Gasteiger partial charge in [0.25, 0.3) is 5.91 Å². The molecule has 2 aromatic carbocycles. The highest BCUT2D eigenvalue weighted by molar-refractivity contribution is 7.99. The molecule has 1 saturated heterocycles. The third kappa shape index (κ3) is 5.31. The minimum Gasteiger partial charge on any atom is -0.342 e. The lowest BCUT2D eigenvalue weighted by Crippen LogP contribution is -2.38. The predicted molar refractivity (Wildman–Crippen MR) is 148 cm³/mol. The monoisotopic (exact) mass is 502 g/mol. The zero-order chi connectivity index (χ0) is 24.2. The van der Waals surface area contributed by atoms with Crippen molar-refractivity contribution < 1.29 is 4.79 Å². The number of anilines is 2. The lowest BCUT2D eigenvalue weighted by molar-refractivity contribution is 0.0771. The Morgan fingerprint density at radius 3 is 2.54 bits per heavy atom. The van der Waals surface area contributed by atoms with Crippen molar-refractivity contribution in [2.24, 2.45) is 0 Å². The fourth-order valence-electron chi connectivity index (χ4n) is 4.46. The summed E-state index contributed by atoms with van der Waals surface area (Å²) >= 11 is 3.51. The molecule has 4 aromatic rings. The second kappa shape index (κ2) is 10.7. The Morgan fingerprint density at radius 2 is 1.77 bits per heavy atom. The maximum absolute atomic E-state index is 13.4. The minimum absolute atomic E-state index is 0.135. The van der Waals surface area contributed by atoms with Gasteiger partial charge in [0.15, 0.2) is 5.13 Å². The molecular weight excluding hydrogens is 472 g/mol. The van der Waals surface area contributed by atoms with Crippen molar-refractivity contribution in [3.63, 3.8) is 0 Å². The summed E-state index contributed by atoms with van der Waals surface area (Å²) in [6, 6.07) is 20.8. The van der Waals surface area contributed by atoms with Gasteiger partial charge >= 0.3 is 0 Å². The second-order valence-electron chi connectivity index (χ2n) is 8.80. The van der Waals surface area contributed by atoms with E-state index in [-0.39, 0.29) is 5.91 Å². The van der Waals surface area contributed by atoms with Crippen LogP contribution in [0.4, 0.5) is 10.8 Å². The van der Waals surface area contributed by atoms with Crippen LogP contribution in [0.2, 0.25) is 0 Å². The summed E-state index contributed by atoms with van der Waals surface area (Å²) in [7, 11) is 0. The van der Waals surface area contributed by atoms with Crippen LogP contribution < -0.4 is 5.32 Å². The number of aryl methyl sites for hydroxylation is 2. The van der Waals surface area contributed by atoms with Gasteiger partial charge in [-0.2, -0.15) is 11.8 Å². The van der Waals surface area contributed by atoms with Crippen molar-refractivity contribution in [3.8, 4) is 11.4 Å². The first-order valence-corrected chi connectivity index (χ1v) is 14.0. The lowest BCUT2D eigenvalue weighted by atomic mass is 10.1. The molecule has 3 heterocycles. The Bertz CT molecular complexity index is 1310. The van der Waals surface area contributed by atoms with Crippen molar-refractivity contribution in [1.82, 2.24) is 14.5 Å². The number of aromatic nitrogens is 2. The smallest absolute Gasteiger partial charge is 0.255 e. The summed E-state index contributed by atoms with van der Waals surface area (Å²) in [4.78, 5) is 20.4. The van der Waals surface area contributed by atoms with Crippen LogP contribution in [0.1, 0.15) is 27.2 Å². The average Bonchev–Trinajstić information content (AvgIpc) is 3.49. The highest BCUT2D eigenvalue weighted by Gasteiger charge is 2.25. The highest BCUT2D eigenvalue weighted by Crippen LogP contribution is 2.32. The molecule has 7 heteroatoms. The van der Waals surface area contributed by atoms with Crippen LogP contribution in [-0.2, 0) is 13.0 Å². The number of thioether (sulfide) groups is 1. The second-order valence-corrected chi connectivity index (χ2v) is 10.9. The van der Waals surface area contributed by atoms with Crippen LogP contribution in [0.3, 0.4) is 0 Å². The van der Waals surface area contributed by atoms with Gasteiger partial charge in [-0.15, -0.1) is 11.3 Å². The molecule has 0 radical (unpaired) electrons. The van der Waals surface area contributed by atoms with Gasteiger partial charge in [-0.25, -0.2) is 4.98 Å². The van der Waals surface area contributed by atoms with E-state index in [0.29, 0.717) is 0 Å². The summed E-state index contributed by atoms with van der Waals surface area (Å²) in [5, 5.41) is 6.39. The zero-order valence-electron chi connectivity index (χ0n) is 20.2. The number of hydrogen-bond donors (Lipinski definition) is 1. The molecular formula is C28H30N4OS2. The van der Waals surface area contributed by atoms with Crippen molar-refractivity contribution in [3.05, 3.63) is 88.4 Å². The van der Waals surface area contributed by atoms with E-state index in [0.717, 1.165) is 71.0 Å². The van der Waals surface area contributed by atoms with Crippen molar-refractivity contribution >= 4 is 39.8 Å². The molecule has 1 fully saturated rings. The van der Waals surface area contributed by atoms with Crippen LogP contribution in [0.15, 0.2) is 66.0 Å². The third-order valence-electron chi connectivity index (χ3n) is 6.52. The molecule has 1 amide bonds. The maximum atomic E-state index is 13.4. The summed E-state index contributed by atoms with van der Waals surface area (Å²) in [6.45, 7) is 6.58. The molecule has 180 valence electrons. The van der Waals surface area contributed by atoms with E-state index < -0.39 is 0 Å². The van der Waals surface area contributed by atoms with Crippen LogP contribution >= 0.6 is 23.1 Å². The van der Waals surface area contributed by atoms with Crippen molar-refractivity contribution in [2.45, 2.75) is 26.8 Å². The van der Waals surface area contributed by atoms with Crippen LogP contribution in [-0.4, -0.2) is 45.0 Å². The van der Waals surface area contributed by atoms with Gasteiger partial charge in [-0.3, -0.25) is 4.79 Å². The van der Waals surface area contributed by atoms with Gasteiger partial charge in [0.05, 0.1) is 17.0 Å². The molecule has 1 aliphatic rings. The normalized spacial score (nSPS) is 13.7. The van der Waals surface area contributed by atoms with Crippen LogP contribution in [0, 0.1) is 13.8 Å². The van der Waals surface area contributed by atoms with Crippen molar-refractivity contribution in [1.29, 1.82) is 0 Å². The number of amides is 1. The number of benzene rings is 2. The summed E-state index contributed by atoms with van der Waals surface area (Å²) < 4.78 is 2.27. The lowest BCUT2D eigenvalue weighted by Gasteiger charge is -2.26. The molecule has 0 atom stereocenters. The SMILES string of the molecule is Cc1ccccc1Nc1nc(-c2cc(C(=O)N3CCSCC3)c(C)n2CCc2ccccc2)cs1. The van der Waals surface area contributed by atoms with Crippen molar-refractivity contribution in [2.75, 3.05) is 29.9 Å². The van der Waals surface area contributed by atoms with E-state index in [1.54, 1.807) is 11.3 Å². The minimum atomic E-state index is 0.135. The Morgan fingerprint density at radius 1 is 1.03 bits per heavy atom. The average molecular weight is 503 g/mol. The number of hydrogen-bond acceptors (Lipinski definition) is 5. The fourth-order valence-corrected chi connectivity index (χ4v) is 6.08. The molecule has 0 unspecified atom stereocenters. The standard InChI is InChI=1S/C28H30N4OS2/c1-20-8-6-7-11-24(20)29-28-30-25(19-35-28)26-18-23(27(33)31-14-16-34-17-15-31)21(2)32(26)13-12-22-9-4-3-5-10-22/h3-11,18-19H,12-17H2,1-2H3,(H,29,30). The van der Waals surface area contributed by atoms with Crippen LogP contribution in [0.25, 0.3) is 11.4 Å². The molecule has 1 aliphatic heterocycles. The molecule has 2 aromatic heterocycles. The first kappa shape index (κ1) is 23.7. The number of carbonyl (C=O) groups excluding carboxylic acids is 1. The summed E-state index contributed by atoms with van der Waals surface area (Å²) in [5.41, 5.74) is 7.23. The largest absolute Gasteiger partial charge is 0.342 e. The molecule has 0 bridgehead atoms. The summed E-state index contributed by atoms with van der Waals surface area (Å²) in [6.07, 6.45) is 0.899. The van der Waals surface area contributed by atoms with E-state index in [1.807, 2.05) is 34.9 Å². The predicted octanol–water partition coefficient (Wildman–Crippen LogP) is 6.40. The van der Waals surface area contributed by atoms with E-state index in [2.05, 4.69) is 71.6 Å². The van der Waals surface area contributed by atoms with E-state index in [1.165, 1.54) is 11.1 Å².